The summed E-state index contributed by atoms with van der Waals surface area (Å²) in [5.74, 6) is 0.635. The second-order valence-corrected chi connectivity index (χ2v) is 10.4. The van der Waals surface area contributed by atoms with Gasteiger partial charge in [-0.15, -0.1) is 0 Å². The highest BCUT2D eigenvalue weighted by Gasteiger charge is 2.33. The van der Waals surface area contributed by atoms with Crippen LogP contribution in [0.15, 0.2) is 93.2 Å². The molecule has 0 bridgehead atoms. The van der Waals surface area contributed by atoms with Gasteiger partial charge in [0.15, 0.2) is 0 Å². The zero-order valence-electron chi connectivity index (χ0n) is 19.3. The van der Waals surface area contributed by atoms with Gasteiger partial charge in [-0.1, -0.05) is 54.1 Å². The second kappa shape index (κ2) is 8.99. The van der Waals surface area contributed by atoms with E-state index in [0.717, 1.165) is 35.5 Å². The number of benzene rings is 3. The molecule has 1 aromatic heterocycles. The van der Waals surface area contributed by atoms with Crippen molar-refractivity contribution in [3.63, 3.8) is 0 Å². The Morgan fingerprint density at radius 3 is 2.06 bits per heavy atom. The molecule has 4 aromatic rings. The van der Waals surface area contributed by atoms with E-state index in [4.69, 9.17) is 4.42 Å². The molecule has 1 aliphatic heterocycles. The molecule has 7 heteroatoms. The molecule has 6 nitrogen and oxygen atoms in total. The van der Waals surface area contributed by atoms with Crippen molar-refractivity contribution < 1.29 is 12.8 Å². The third-order valence-electron chi connectivity index (χ3n) is 6.23. The summed E-state index contributed by atoms with van der Waals surface area (Å²) in [7, 11) is -3.86. The summed E-state index contributed by atoms with van der Waals surface area (Å²) in [6, 6.07) is 24.8. The molecule has 0 N–H and O–H groups in total. The van der Waals surface area contributed by atoms with Crippen molar-refractivity contribution in [1.82, 2.24) is 4.98 Å². The lowest BCUT2D eigenvalue weighted by Gasteiger charge is -2.36. The minimum absolute atomic E-state index is 0.0252. The van der Waals surface area contributed by atoms with Crippen LogP contribution >= 0.6 is 0 Å². The number of hydrogen-bond donors (Lipinski definition) is 0. The first-order chi connectivity index (χ1) is 16.4. The van der Waals surface area contributed by atoms with Crippen molar-refractivity contribution in [3.8, 4) is 11.5 Å². The number of para-hydroxylation sites is 1. The van der Waals surface area contributed by atoms with Gasteiger partial charge in [0.1, 0.15) is 0 Å². The van der Waals surface area contributed by atoms with Gasteiger partial charge in [0.05, 0.1) is 4.90 Å². The fourth-order valence-electron chi connectivity index (χ4n) is 4.24. The molecule has 2 heterocycles. The minimum atomic E-state index is -3.86. The summed E-state index contributed by atoms with van der Waals surface area (Å²) in [5, 5.41) is -0.0252. The Kier molecular flexibility index (Phi) is 5.87. The predicted octanol–water partition coefficient (Wildman–Crippen LogP) is 5.12. The van der Waals surface area contributed by atoms with E-state index < -0.39 is 9.84 Å². The number of rotatable bonds is 5. The second-order valence-electron chi connectivity index (χ2n) is 8.57. The smallest absolute Gasteiger partial charge is 0.236 e. The number of anilines is 2. The highest BCUT2D eigenvalue weighted by atomic mass is 32.2. The molecule has 0 atom stereocenters. The summed E-state index contributed by atoms with van der Waals surface area (Å²) in [6.07, 6.45) is 0. The van der Waals surface area contributed by atoms with E-state index in [1.54, 1.807) is 24.3 Å². The summed E-state index contributed by atoms with van der Waals surface area (Å²) in [6.45, 7) is 6.68. The first kappa shape index (κ1) is 22.2. The molecule has 1 fully saturated rings. The molecule has 0 unspecified atom stereocenters. The maximum absolute atomic E-state index is 13.7. The van der Waals surface area contributed by atoms with Crippen LogP contribution in [0.2, 0.25) is 0 Å². The average Bonchev–Trinajstić information content (AvgIpc) is 3.31. The van der Waals surface area contributed by atoms with Gasteiger partial charge in [-0.2, -0.15) is 4.98 Å². The van der Waals surface area contributed by atoms with Crippen molar-refractivity contribution in [1.29, 1.82) is 0 Å². The molecule has 5 rings (SSSR count). The fourth-order valence-corrected chi connectivity index (χ4v) is 5.56. The lowest BCUT2D eigenvalue weighted by molar-refractivity contribution is 0.525. The Morgan fingerprint density at radius 1 is 0.765 bits per heavy atom. The van der Waals surface area contributed by atoms with Crippen LogP contribution in [0, 0.1) is 13.8 Å². The monoisotopic (exact) mass is 473 g/mol. The van der Waals surface area contributed by atoms with Gasteiger partial charge < -0.3 is 14.2 Å². The van der Waals surface area contributed by atoms with Crippen LogP contribution < -0.4 is 9.80 Å². The molecule has 1 saturated heterocycles. The maximum Gasteiger partial charge on any atom is 0.236 e. The van der Waals surface area contributed by atoms with Gasteiger partial charge >= 0.3 is 0 Å². The van der Waals surface area contributed by atoms with Crippen LogP contribution in [0.5, 0.6) is 0 Å². The number of oxazole rings is 1. The van der Waals surface area contributed by atoms with Crippen molar-refractivity contribution in [3.05, 3.63) is 90.0 Å². The van der Waals surface area contributed by atoms with E-state index in [1.165, 1.54) is 0 Å². The standard InChI is InChI=1S/C27H27N3O3S/c1-20-12-14-23(15-13-20)34(31,32)26-27(33-25(28-26)24-11-7-6-8-21(24)2)30-18-16-29(17-19-30)22-9-4-3-5-10-22/h3-15H,16-19H2,1-2H3. The Bertz CT molecular complexity index is 1390. The van der Waals surface area contributed by atoms with Crippen LogP contribution in [-0.4, -0.2) is 39.6 Å². The molecular formula is C27H27N3O3S. The quantitative estimate of drug-likeness (QED) is 0.401. The van der Waals surface area contributed by atoms with Gasteiger partial charge in [0.25, 0.3) is 0 Å². The predicted molar refractivity (Wildman–Crippen MR) is 134 cm³/mol. The fraction of sp³-hybridized carbons (Fsp3) is 0.222. The van der Waals surface area contributed by atoms with Gasteiger partial charge in [-0.25, -0.2) is 8.42 Å². The van der Waals surface area contributed by atoms with E-state index in [1.807, 2.05) is 61.2 Å². The minimum Gasteiger partial charge on any atom is -0.419 e. The van der Waals surface area contributed by atoms with Crippen molar-refractivity contribution in [2.24, 2.45) is 0 Å². The molecule has 3 aromatic carbocycles. The molecule has 174 valence electrons. The number of aryl methyl sites for hydroxylation is 2. The summed E-state index contributed by atoms with van der Waals surface area (Å²) < 4.78 is 33.5. The van der Waals surface area contributed by atoms with E-state index in [0.29, 0.717) is 24.9 Å². The van der Waals surface area contributed by atoms with Crippen LogP contribution in [0.1, 0.15) is 11.1 Å². The summed E-state index contributed by atoms with van der Waals surface area (Å²) >= 11 is 0. The Balaban J connectivity index is 1.53. The largest absolute Gasteiger partial charge is 0.419 e. The van der Waals surface area contributed by atoms with Crippen LogP contribution in [0.4, 0.5) is 11.6 Å². The molecule has 0 aliphatic carbocycles. The van der Waals surface area contributed by atoms with E-state index in [9.17, 15) is 8.42 Å². The molecular weight excluding hydrogens is 446 g/mol. The number of nitrogens with zero attached hydrogens (tertiary/aromatic N) is 3. The number of piperazine rings is 1. The van der Waals surface area contributed by atoms with Crippen molar-refractivity contribution in [2.45, 2.75) is 23.8 Å². The van der Waals surface area contributed by atoms with Crippen molar-refractivity contribution in [2.75, 3.05) is 36.0 Å². The number of aromatic nitrogens is 1. The Morgan fingerprint density at radius 2 is 1.38 bits per heavy atom. The molecule has 1 aliphatic rings. The van der Waals surface area contributed by atoms with Gasteiger partial charge in [-0.3, -0.25) is 0 Å². The average molecular weight is 474 g/mol. The topological polar surface area (TPSA) is 66.7 Å². The first-order valence-electron chi connectivity index (χ1n) is 11.4. The van der Waals surface area contributed by atoms with E-state index >= 15 is 0 Å². The number of sulfone groups is 1. The summed E-state index contributed by atoms with van der Waals surface area (Å²) in [4.78, 5) is 9.06. The van der Waals surface area contributed by atoms with Crippen LogP contribution in [0.25, 0.3) is 11.5 Å². The Hall–Kier alpha value is -3.58. The molecule has 34 heavy (non-hydrogen) atoms. The third-order valence-corrected chi connectivity index (χ3v) is 7.90. The molecule has 0 saturated carbocycles. The zero-order valence-corrected chi connectivity index (χ0v) is 20.1. The molecule has 0 radical (unpaired) electrons. The molecule has 0 spiro atoms. The van der Waals surface area contributed by atoms with Crippen LogP contribution in [0.3, 0.4) is 0 Å². The van der Waals surface area contributed by atoms with Gasteiger partial charge in [0, 0.05) is 37.4 Å². The highest BCUT2D eigenvalue weighted by Crippen LogP contribution is 2.36. The van der Waals surface area contributed by atoms with Crippen LogP contribution in [-0.2, 0) is 9.84 Å². The van der Waals surface area contributed by atoms with Gasteiger partial charge in [-0.05, 0) is 49.7 Å². The number of hydrogen-bond acceptors (Lipinski definition) is 6. The lowest BCUT2D eigenvalue weighted by atomic mass is 10.1. The first-order valence-corrected chi connectivity index (χ1v) is 12.9. The highest BCUT2D eigenvalue weighted by molar-refractivity contribution is 7.91. The van der Waals surface area contributed by atoms with Gasteiger partial charge in [0.2, 0.25) is 26.6 Å². The maximum atomic E-state index is 13.7. The Labute approximate surface area is 200 Å². The van der Waals surface area contributed by atoms with E-state index in [2.05, 4.69) is 22.0 Å². The lowest BCUT2D eigenvalue weighted by Crippen LogP contribution is -2.46. The zero-order chi connectivity index (χ0) is 23.7. The third kappa shape index (κ3) is 4.19. The summed E-state index contributed by atoms with van der Waals surface area (Å²) in [5.41, 5.74) is 3.92. The van der Waals surface area contributed by atoms with Crippen molar-refractivity contribution >= 4 is 21.4 Å². The van der Waals surface area contributed by atoms with E-state index in [-0.39, 0.29) is 9.92 Å². The molecule has 0 amide bonds. The normalized spacial score (nSPS) is 14.4. The SMILES string of the molecule is Cc1ccc(S(=O)(=O)c2nc(-c3ccccc3C)oc2N2CCN(c3ccccc3)CC2)cc1.